The fourth-order valence-electron chi connectivity index (χ4n) is 3.25. The zero-order valence-electron chi connectivity index (χ0n) is 14.4. The van der Waals surface area contributed by atoms with Crippen molar-refractivity contribution in [3.63, 3.8) is 0 Å². The highest BCUT2D eigenvalue weighted by atomic mass is 16.6. The van der Waals surface area contributed by atoms with E-state index in [0.717, 1.165) is 11.8 Å². The standard InChI is InChI=1S/C17H34N2O2/c1-12(2)13-6-8-14(9-7-13)15(10-18)11-19-16(20)21-17(3,4)5/h12-15H,6-11,18H2,1-5H3,(H,19,20). The van der Waals surface area contributed by atoms with Crippen molar-refractivity contribution in [1.29, 1.82) is 0 Å². The zero-order chi connectivity index (χ0) is 16.0. The third kappa shape index (κ3) is 6.68. The van der Waals surface area contributed by atoms with Crippen molar-refractivity contribution in [1.82, 2.24) is 5.32 Å². The van der Waals surface area contributed by atoms with E-state index in [1.165, 1.54) is 25.7 Å². The van der Waals surface area contributed by atoms with Crippen LogP contribution in [0.3, 0.4) is 0 Å². The lowest BCUT2D eigenvalue weighted by Gasteiger charge is -2.35. The van der Waals surface area contributed by atoms with Gasteiger partial charge in [-0.05, 0) is 76.7 Å². The first-order chi connectivity index (χ1) is 9.73. The van der Waals surface area contributed by atoms with E-state index in [1.807, 2.05) is 20.8 Å². The van der Waals surface area contributed by atoms with E-state index in [2.05, 4.69) is 19.2 Å². The number of alkyl carbamates (subject to hydrolysis) is 1. The first-order valence-electron chi connectivity index (χ1n) is 8.40. The molecular weight excluding hydrogens is 264 g/mol. The van der Waals surface area contributed by atoms with Gasteiger partial charge in [-0.2, -0.15) is 0 Å². The molecule has 1 amide bonds. The Morgan fingerprint density at radius 1 is 1.19 bits per heavy atom. The number of amides is 1. The molecule has 0 spiro atoms. The predicted molar refractivity (Wildman–Crippen MR) is 87.1 cm³/mol. The molecule has 1 unspecified atom stereocenters. The molecule has 1 rings (SSSR count). The molecule has 0 aromatic carbocycles. The van der Waals surface area contributed by atoms with Gasteiger partial charge in [0.25, 0.3) is 0 Å². The van der Waals surface area contributed by atoms with E-state index in [0.29, 0.717) is 24.9 Å². The van der Waals surface area contributed by atoms with Gasteiger partial charge in [0.05, 0.1) is 0 Å². The van der Waals surface area contributed by atoms with Gasteiger partial charge in [0.2, 0.25) is 0 Å². The maximum absolute atomic E-state index is 11.7. The molecule has 0 aromatic rings. The normalized spacial score (nSPS) is 24.7. The summed E-state index contributed by atoms with van der Waals surface area (Å²) in [5.41, 5.74) is 5.47. The van der Waals surface area contributed by atoms with Gasteiger partial charge in [0.15, 0.2) is 0 Å². The Bertz CT molecular complexity index is 315. The largest absolute Gasteiger partial charge is 0.444 e. The van der Waals surface area contributed by atoms with Crippen molar-refractivity contribution in [3.05, 3.63) is 0 Å². The lowest BCUT2D eigenvalue weighted by molar-refractivity contribution is 0.0508. The summed E-state index contributed by atoms with van der Waals surface area (Å²) in [5, 5.41) is 2.88. The molecule has 0 heterocycles. The van der Waals surface area contributed by atoms with E-state index in [-0.39, 0.29) is 6.09 Å². The Morgan fingerprint density at radius 3 is 2.14 bits per heavy atom. The third-order valence-electron chi connectivity index (χ3n) is 4.64. The van der Waals surface area contributed by atoms with Gasteiger partial charge >= 0.3 is 6.09 Å². The minimum atomic E-state index is -0.447. The Labute approximate surface area is 130 Å². The van der Waals surface area contributed by atoms with Crippen molar-refractivity contribution in [2.75, 3.05) is 13.1 Å². The van der Waals surface area contributed by atoms with Crippen LogP contribution >= 0.6 is 0 Å². The summed E-state index contributed by atoms with van der Waals surface area (Å²) in [6, 6.07) is 0. The molecule has 0 saturated heterocycles. The van der Waals surface area contributed by atoms with Crippen LogP contribution in [0.15, 0.2) is 0 Å². The van der Waals surface area contributed by atoms with Gasteiger partial charge < -0.3 is 15.8 Å². The summed E-state index contributed by atoms with van der Waals surface area (Å²) in [7, 11) is 0. The minimum absolute atomic E-state index is 0.336. The second-order valence-corrected chi connectivity index (χ2v) is 7.80. The van der Waals surface area contributed by atoms with E-state index in [9.17, 15) is 4.79 Å². The van der Waals surface area contributed by atoms with Crippen LogP contribution in [0.25, 0.3) is 0 Å². The summed E-state index contributed by atoms with van der Waals surface area (Å²) in [6.07, 6.45) is 4.73. The third-order valence-corrected chi connectivity index (χ3v) is 4.64. The molecule has 1 fully saturated rings. The van der Waals surface area contributed by atoms with E-state index >= 15 is 0 Å². The van der Waals surface area contributed by atoms with E-state index < -0.39 is 5.60 Å². The second kappa shape index (κ2) is 8.02. The van der Waals surface area contributed by atoms with Crippen LogP contribution in [-0.2, 0) is 4.74 Å². The van der Waals surface area contributed by atoms with E-state index in [4.69, 9.17) is 10.5 Å². The first-order valence-corrected chi connectivity index (χ1v) is 8.40. The van der Waals surface area contributed by atoms with Crippen molar-refractivity contribution >= 4 is 6.09 Å². The van der Waals surface area contributed by atoms with Crippen LogP contribution in [0, 0.1) is 23.7 Å². The molecule has 0 aromatic heterocycles. The topological polar surface area (TPSA) is 64.3 Å². The zero-order valence-corrected chi connectivity index (χ0v) is 14.4. The summed E-state index contributed by atoms with van der Waals surface area (Å²) in [4.78, 5) is 11.7. The van der Waals surface area contributed by atoms with Crippen LogP contribution in [0.1, 0.15) is 60.3 Å². The number of rotatable bonds is 5. The summed E-state index contributed by atoms with van der Waals surface area (Å²) >= 11 is 0. The number of carbonyl (C=O) groups excluding carboxylic acids is 1. The molecule has 21 heavy (non-hydrogen) atoms. The molecular formula is C17H34N2O2. The summed E-state index contributed by atoms with van der Waals surface area (Å²) in [6.45, 7) is 11.5. The van der Waals surface area contributed by atoms with E-state index in [1.54, 1.807) is 0 Å². The van der Waals surface area contributed by atoms with Gasteiger partial charge in [-0.25, -0.2) is 4.79 Å². The summed E-state index contributed by atoms with van der Waals surface area (Å²) < 4.78 is 5.28. The SMILES string of the molecule is CC(C)C1CCC(C(CN)CNC(=O)OC(C)(C)C)CC1. The van der Waals surface area contributed by atoms with Gasteiger partial charge in [0.1, 0.15) is 5.60 Å². The van der Waals surface area contributed by atoms with Crippen molar-refractivity contribution in [2.45, 2.75) is 65.9 Å². The van der Waals surface area contributed by atoms with Gasteiger partial charge in [0, 0.05) is 6.54 Å². The van der Waals surface area contributed by atoms with Gasteiger partial charge in [-0.3, -0.25) is 0 Å². The first kappa shape index (κ1) is 18.3. The second-order valence-electron chi connectivity index (χ2n) is 7.80. The lowest BCUT2D eigenvalue weighted by atomic mass is 9.72. The van der Waals surface area contributed by atoms with Crippen LogP contribution in [0.5, 0.6) is 0 Å². The highest BCUT2D eigenvalue weighted by Gasteiger charge is 2.28. The smallest absolute Gasteiger partial charge is 0.407 e. The molecule has 1 saturated carbocycles. The monoisotopic (exact) mass is 298 g/mol. The molecule has 0 bridgehead atoms. The van der Waals surface area contributed by atoms with Gasteiger partial charge in [-0.15, -0.1) is 0 Å². The fraction of sp³-hybridized carbons (Fsp3) is 0.941. The average Bonchev–Trinajstić information content (AvgIpc) is 2.38. The number of carbonyl (C=O) groups is 1. The number of hydrogen-bond donors (Lipinski definition) is 2. The number of nitrogens with two attached hydrogens (primary N) is 1. The number of ether oxygens (including phenoxy) is 1. The van der Waals surface area contributed by atoms with Crippen LogP contribution in [0.2, 0.25) is 0 Å². The molecule has 1 aliphatic rings. The van der Waals surface area contributed by atoms with Gasteiger partial charge in [-0.1, -0.05) is 13.8 Å². The Hall–Kier alpha value is -0.770. The maximum Gasteiger partial charge on any atom is 0.407 e. The van der Waals surface area contributed by atoms with Crippen LogP contribution in [0.4, 0.5) is 4.79 Å². The Morgan fingerprint density at radius 2 is 1.71 bits per heavy atom. The summed E-state index contributed by atoms with van der Waals surface area (Å²) in [5.74, 6) is 2.64. The average molecular weight is 298 g/mol. The number of nitrogens with one attached hydrogen (secondary N) is 1. The fourth-order valence-corrected chi connectivity index (χ4v) is 3.25. The predicted octanol–water partition coefficient (Wildman–Crippen LogP) is 3.55. The molecule has 4 heteroatoms. The number of hydrogen-bond acceptors (Lipinski definition) is 3. The molecule has 1 atom stereocenters. The molecule has 124 valence electrons. The van der Waals surface area contributed by atoms with Crippen LogP contribution in [-0.4, -0.2) is 24.8 Å². The van der Waals surface area contributed by atoms with Crippen molar-refractivity contribution in [2.24, 2.45) is 29.4 Å². The highest BCUT2D eigenvalue weighted by Crippen LogP contribution is 2.36. The van der Waals surface area contributed by atoms with Crippen LogP contribution < -0.4 is 11.1 Å². The maximum atomic E-state index is 11.7. The lowest BCUT2D eigenvalue weighted by Crippen LogP contribution is -2.40. The molecule has 0 aliphatic heterocycles. The Kier molecular flexibility index (Phi) is 6.98. The molecule has 1 aliphatic carbocycles. The molecule has 0 radical (unpaired) electrons. The minimum Gasteiger partial charge on any atom is -0.444 e. The Balaban J connectivity index is 2.37. The van der Waals surface area contributed by atoms with Crippen molar-refractivity contribution < 1.29 is 9.53 Å². The highest BCUT2D eigenvalue weighted by molar-refractivity contribution is 5.67. The molecule has 4 nitrogen and oxygen atoms in total. The van der Waals surface area contributed by atoms with Crippen molar-refractivity contribution in [3.8, 4) is 0 Å². The quantitative estimate of drug-likeness (QED) is 0.816. The molecule has 3 N–H and O–H groups in total.